The van der Waals surface area contributed by atoms with Crippen molar-refractivity contribution in [3.63, 3.8) is 0 Å². The molecule has 2 aliphatic rings. The van der Waals surface area contributed by atoms with Gasteiger partial charge in [-0.3, -0.25) is 4.90 Å². The molecule has 0 aromatic heterocycles. The Morgan fingerprint density at radius 3 is 2.62 bits per heavy atom. The number of benzene rings is 1. The largest absolute Gasteiger partial charge is 0.330 e. The first-order chi connectivity index (χ1) is 10.4. The second kappa shape index (κ2) is 7.42. The lowest BCUT2D eigenvalue weighted by atomic mass is 9.93. The zero-order valence-electron chi connectivity index (χ0n) is 13.3. The molecule has 1 fully saturated rings. The van der Waals surface area contributed by atoms with Gasteiger partial charge in [0.05, 0.1) is 0 Å². The van der Waals surface area contributed by atoms with Crippen LogP contribution in [0.5, 0.6) is 0 Å². The molecule has 0 aliphatic heterocycles. The van der Waals surface area contributed by atoms with E-state index in [2.05, 4.69) is 23.1 Å². The Bertz CT molecular complexity index is 449. The van der Waals surface area contributed by atoms with E-state index in [0.29, 0.717) is 0 Å². The normalized spacial score (nSPS) is 19.1. The number of hydrogen-bond donors (Lipinski definition) is 1. The standard InChI is InChI=1S/C19H30N2/c20-12-5-13-21(19-8-2-1-3-9-19)15-16-10-11-17-6-4-7-18(17)14-16/h10-11,14,19H,1-9,12-13,15,20H2. The Hall–Kier alpha value is -0.860. The van der Waals surface area contributed by atoms with Crippen LogP contribution in [-0.2, 0) is 19.4 Å². The molecule has 1 aromatic rings. The first-order valence-electron chi connectivity index (χ1n) is 8.91. The molecule has 1 aromatic carbocycles. The lowest BCUT2D eigenvalue weighted by Gasteiger charge is -2.34. The summed E-state index contributed by atoms with van der Waals surface area (Å²) in [5, 5.41) is 0. The number of nitrogens with two attached hydrogens (primary N) is 1. The van der Waals surface area contributed by atoms with Crippen LogP contribution in [0, 0.1) is 0 Å². The molecule has 0 atom stereocenters. The minimum Gasteiger partial charge on any atom is -0.330 e. The molecule has 3 rings (SSSR count). The Balaban J connectivity index is 1.67. The number of fused-ring (bicyclic) bond motifs is 1. The summed E-state index contributed by atoms with van der Waals surface area (Å²) in [7, 11) is 0. The van der Waals surface area contributed by atoms with E-state index in [4.69, 9.17) is 5.73 Å². The van der Waals surface area contributed by atoms with Gasteiger partial charge in [0, 0.05) is 12.6 Å². The number of hydrogen-bond acceptors (Lipinski definition) is 2. The van der Waals surface area contributed by atoms with Crippen LogP contribution in [0.1, 0.15) is 61.6 Å². The molecule has 0 radical (unpaired) electrons. The number of aryl methyl sites for hydroxylation is 2. The second-order valence-electron chi connectivity index (χ2n) is 6.86. The van der Waals surface area contributed by atoms with E-state index in [9.17, 15) is 0 Å². The fourth-order valence-electron chi connectivity index (χ4n) is 4.09. The van der Waals surface area contributed by atoms with E-state index in [1.165, 1.54) is 56.9 Å². The van der Waals surface area contributed by atoms with Crippen molar-refractivity contribution in [3.05, 3.63) is 34.9 Å². The minimum atomic E-state index is 0.790. The summed E-state index contributed by atoms with van der Waals surface area (Å²) < 4.78 is 0. The van der Waals surface area contributed by atoms with Crippen molar-refractivity contribution in [1.82, 2.24) is 4.90 Å². The first kappa shape index (κ1) is 15.1. The van der Waals surface area contributed by atoms with Crippen molar-refractivity contribution < 1.29 is 0 Å². The monoisotopic (exact) mass is 286 g/mol. The van der Waals surface area contributed by atoms with Gasteiger partial charge in [-0.25, -0.2) is 0 Å². The van der Waals surface area contributed by atoms with Crippen molar-refractivity contribution in [2.75, 3.05) is 13.1 Å². The van der Waals surface area contributed by atoms with Crippen molar-refractivity contribution in [1.29, 1.82) is 0 Å². The van der Waals surface area contributed by atoms with Gasteiger partial charge in [-0.15, -0.1) is 0 Å². The molecule has 0 saturated heterocycles. The lowest BCUT2D eigenvalue weighted by molar-refractivity contribution is 0.147. The molecule has 2 heteroatoms. The minimum absolute atomic E-state index is 0.790. The zero-order chi connectivity index (χ0) is 14.5. The smallest absolute Gasteiger partial charge is 0.0236 e. The van der Waals surface area contributed by atoms with Gasteiger partial charge in [-0.2, -0.15) is 0 Å². The van der Waals surface area contributed by atoms with Crippen molar-refractivity contribution in [3.8, 4) is 0 Å². The Labute approximate surface area is 129 Å². The Morgan fingerprint density at radius 1 is 1.00 bits per heavy atom. The van der Waals surface area contributed by atoms with E-state index in [1.54, 1.807) is 11.1 Å². The number of rotatable bonds is 6. The third kappa shape index (κ3) is 3.87. The van der Waals surface area contributed by atoms with Gasteiger partial charge in [-0.1, -0.05) is 37.5 Å². The van der Waals surface area contributed by atoms with Crippen LogP contribution in [0.2, 0.25) is 0 Å². The first-order valence-corrected chi connectivity index (χ1v) is 8.91. The summed E-state index contributed by atoms with van der Waals surface area (Å²) in [6.07, 6.45) is 12.1. The molecular formula is C19H30N2. The molecular weight excluding hydrogens is 256 g/mol. The van der Waals surface area contributed by atoms with Gasteiger partial charge < -0.3 is 5.73 Å². The highest BCUT2D eigenvalue weighted by atomic mass is 15.2. The summed E-state index contributed by atoms with van der Waals surface area (Å²) >= 11 is 0. The average Bonchev–Trinajstić information content (AvgIpc) is 3.00. The molecule has 116 valence electrons. The maximum Gasteiger partial charge on any atom is 0.0236 e. The molecule has 2 nitrogen and oxygen atoms in total. The number of nitrogens with zero attached hydrogens (tertiary/aromatic N) is 1. The van der Waals surface area contributed by atoms with Crippen molar-refractivity contribution in [2.45, 2.75) is 70.4 Å². The SMILES string of the molecule is NCCCN(Cc1ccc2c(c1)CCC2)C1CCCCC1. The van der Waals surface area contributed by atoms with E-state index >= 15 is 0 Å². The average molecular weight is 286 g/mol. The molecule has 2 aliphatic carbocycles. The third-order valence-corrected chi connectivity index (χ3v) is 5.29. The van der Waals surface area contributed by atoms with Gasteiger partial charge >= 0.3 is 0 Å². The van der Waals surface area contributed by atoms with Crippen molar-refractivity contribution in [2.24, 2.45) is 5.73 Å². The third-order valence-electron chi connectivity index (χ3n) is 5.29. The quantitative estimate of drug-likeness (QED) is 0.864. The van der Waals surface area contributed by atoms with Crippen LogP contribution in [0.15, 0.2) is 18.2 Å². The van der Waals surface area contributed by atoms with Crippen LogP contribution < -0.4 is 5.73 Å². The maximum atomic E-state index is 5.75. The highest BCUT2D eigenvalue weighted by molar-refractivity contribution is 5.35. The Morgan fingerprint density at radius 2 is 1.81 bits per heavy atom. The predicted molar refractivity (Wildman–Crippen MR) is 89.4 cm³/mol. The molecule has 0 amide bonds. The van der Waals surface area contributed by atoms with Crippen molar-refractivity contribution >= 4 is 0 Å². The van der Waals surface area contributed by atoms with E-state index < -0.39 is 0 Å². The van der Waals surface area contributed by atoms with Crippen LogP contribution in [0.3, 0.4) is 0 Å². The summed E-state index contributed by atoms with van der Waals surface area (Å²) in [4.78, 5) is 2.71. The summed E-state index contributed by atoms with van der Waals surface area (Å²) in [5.41, 5.74) is 10.5. The molecule has 0 spiro atoms. The molecule has 0 heterocycles. The van der Waals surface area contributed by atoms with Gasteiger partial charge in [0.2, 0.25) is 0 Å². The Kier molecular flexibility index (Phi) is 5.32. The fraction of sp³-hybridized carbons (Fsp3) is 0.684. The molecule has 1 saturated carbocycles. The summed E-state index contributed by atoms with van der Waals surface area (Å²) in [6.45, 7) is 3.10. The van der Waals surface area contributed by atoms with E-state index in [1.807, 2.05) is 0 Å². The van der Waals surface area contributed by atoms with Crippen LogP contribution in [-0.4, -0.2) is 24.0 Å². The predicted octanol–water partition coefficient (Wildman–Crippen LogP) is 3.66. The van der Waals surface area contributed by atoms with Gasteiger partial charge in [0.15, 0.2) is 0 Å². The molecule has 2 N–H and O–H groups in total. The topological polar surface area (TPSA) is 29.3 Å². The molecule has 21 heavy (non-hydrogen) atoms. The maximum absolute atomic E-state index is 5.75. The fourth-order valence-corrected chi connectivity index (χ4v) is 4.09. The van der Waals surface area contributed by atoms with Gasteiger partial charge in [0.1, 0.15) is 0 Å². The summed E-state index contributed by atoms with van der Waals surface area (Å²) in [5.74, 6) is 0. The van der Waals surface area contributed by atoms with Crippen LogP contribution in [0.25, 0.3) is 0 Å². The van der Waals surface area contributed by atoms with Crippen LogP contribution in [0.4, 0.5) is 0 Å². The molecule has 0 unspecified atom stereocenters. The highest BCUT2D eigenvalue weighted by Gasteiger charge is 2.21. The van der Waals surface area contributed by atoms with E-state index in [0.717, 1.165) is 32.1 Å². The lowest BCUT2D eigenvalue weighted by Crippen LogP contribution is -2.37. The van der Waals surface area contributed by atoms with Gasteiger partial charge in [-0.05, 0) is 68.3 Å². The zero-order valence-corrected chi connectivity index (χ0v) is 13.3. The van der Waals surface area contributed by atoms with Gasteiger partial charge in [0.25, 0.3) is 0 Å². The highest BCUT2D eigenvalue weighted by Crippen LogP contribution is 2.26. The molecule has 0 bridgehead atoms. The van der Waals surface area contributed by atoms with Crippen LogP contribution >= 0.6 is 0 Å². The summed E-state index contributed by atoms with van der Waals surface area (Å²) in [6, 6.07) is 8.00. The second-order valence-corrected chi connectivity index (χ2v) is 6.86. The van der Waals surface area contributed by atoms with E-state index in [-0.39, 0.29) is 0 Å².